The molecule has 0 aliphatic carbocycles. The average Bonchev–Trinajstić information content (AvgIpc) is 3.82. The molecule has 256 valence electrons. The highest BCUT2D eigenvalue weighted by molar-refractivity contribution is 7.22. The molecule has 1 N–H and O–H groups in total. The van der Waals surface area contributed by atoms with E-state index in [1.165, 1.54) is 0 Å². The molecule has 5 aromatic rings. The van der Waals surface area contributed by atoms with Gasteiger partial charge >= 0.3 is 5.97 Å². The molecule has 7 rings (SSSR count). The molecular weight excluding hydrogens is 660 g/mol. The van der Waals surface area contributed by atoms with E-state index in [-0.39, 0.29) is 17.9 Å². The number of benzene rings is 3. The van der Waals surface area contributed by atoms with Crippen LogP contribution < -0.4 is 0 Å². The van der Waals surface area contributed by atoms with Gasteiger partial charge in [0.2, 0.25) is 0 Å². The number of ether oxygens (including phenoxy) is 2. The fraction of sp³-hybridized carbons (Fsp3) is 0.421. The Hall–Kier alpha value is -3.83. The van der Waals surface area contributed by atoms with Crippen LogP contribution in [0, 0.1) is 6.92 Å². The van der Waals surface area contributed by atoms with Crippen LogP contribution in [0.3, 0.4) is 0 Å². The van der Waals surface area contributed by atoms with Gasteiger partial charge in [-0.2, -0.15) is 5.10 Å². The van der Waals surface area contributed by atoms with Gasteiger partial charge in [-0.25, -0.2) is 9.78 Å². The van der Waals surface area contributed by atoms with Crippen molar-refractivity contribution >= 4 is 55.9 Å². The van der Waals surface area contributed by atoms with Gasteiger partial charge in [0.1, 0.15) is 11.1 Å². The lowest BCUT2D eigenvalue weighted by molar-refractivity contribution is -0.160. The van der Waals surface area contributed by atoms with Gasteiger partial charge in [0.15, 0.2) is 6.10 Å². The van der Waals surface area contributed by atoms with Gasteiger partial charge in [-0.15, -0.1) is 11.3 Å². The first kappa shape index (κ1) is 33.7. The van der Waals surface area contributed by atoms with E-state index in [4.69, 9.17) is 31.2 Å². The SMILES string of the molecule is Cc1cc2nc(-c3ccc4c(c3)c(C3CCN(C(=O)[C@H]5CCCO5)CC3)nn4C)sc2c(-c2ccc(Cl)cc2)c1[C@H](OC(C)(C)C)C(=O)O. The fourth-order valence-electron chi connectivity index (χ4n) is 7.24. The van der Waals surface area contributed by atoms with Crippen molar-refractivity contribution in [1.82, 2.24) is 19.7 Å². The number of carbonyl (C=O) groups excluding carboxylic acids is 1. The molecule has 0 unspecified atom stereocenters. The number of carboxylic acid groups (broad SMARTS) is 1. The molecule has 11 heteroatoms. The molecule has 0 radical (unpaired) electrons. The van der Waals surface area contributed by atoms with Crippen LogP contribution in [-0.4, -0.2) is 68.0 Å². The fourth-order valence-corrected chi connectivity index (χ4v) is 8.49. The molecular formula is C38H41ClN4O5S. The zero-order chi connectivity index (χ0) is 34.6. The second-order valence-electron chi connectivity index (χ2n) is 14.1. The maximum Gasteiger partial charge on any atom is 0.337 e. The van der Waals surface area contributed by atoms with E-state index in [2.05, 4.69) is 18.2 Å². The normalized spacial score (nSPS) is 18.1. The van der Waals surface area contributed by atoms with Crippen LogP contribution in [0.2, 0.25) is 5.02 Å². The Morgan fingerprint density at radius 2 is 1.78 bits per heavy atom. The second kappa shape index (κ2) is 13.1. The summed E-state index contributed by atoms with van der Waals surface area (Å²) in [4.78, 5) is 32.8. The third-order valence-electron chi connectivity index (χ3n) is 9.54. The smallest absolute Gasteiger partial charge is 0.337 e. The van der Waals surface area contributed by atoms with Crippen molar-refractivity contribution in [3.05, 3.63) is 70.4 Å². The molecule has 9 nitrogen and oxygen atoms in total. The molecule has 2 saturated heterocycles. The Kier molecular flexibility index (Phi) is 9.02. The summed E-state index contributed by atoms with van der Waals surface area (Å²) in [6.45, 7) is 9.57. The Bertz CT molecular complexity index is 2050. The van der Waals surface area contributed by atoms with Crippen LogP contribution in [0.5, 0.6) is 0 Å². The quantitative estimate of drug-likeness (QED) is 0.182. The number of thiazole rings is 1. The largest absolute Gasteiger partial charge is 0.479 e. The molecule has 0 bridgehead atoms. The lowest BCUT2D eigenvalue weighted by Gasteiger charge is -2.32. The Morgan fingerprint density at radius 1 is 1.06 bits per heavy atom. The highest BCUT2D eigenvalue weighted by atomic mass is 35.5. The van der Waals surface area contributed by atoms with Crippen molar-refractivity contribution in [2.75, 3.05) is 19.7 Å². The Balaban J connectivity index is 1.28. The monoisotopic (exact) mass is 700 g/mol. The Labute approximate surface area is 294 Å². The summed E-state index contributed by atoms with van der Waals surface area (Å²) in [6, 6.07) is 15.8. The van der Waals surface area contributed by atoms with Gasteiger partial charge in [0.25, 0.3) is 5.91 Å². The van der Waals surface area contributed by atoms with Gasteiger partial charge in [-0.1, -0.05) is 23.7 Å². The number of carbonyl (C=O) groups is 2. The summed E-state index contributed by atoms with van der Waals surface area (Å²) in [7, 11) is 1.97. The number of piperidine rings is 1. The number of nitrogens with zero attached hydrogens (tertiary/aromatic N) is 4. The van der Waals surface area contributed by atoms with Crippen molar-refractivity contribution in [3.8, 4) is 21.7 Å². The van der Waals surface area contributed by atoms with Crippen LogP contribution in [0.25, 0.3) is 42.8 Å². The molecule has 2 aromatic heterocycles. The van der Waals surface area contributed by atoms with Gasteiger partial charge in [-0.3, -0.25) is 9.48 Å². The second-order valence-corrected chi connectivity index (χ2v) is 15.6. The lowest BCUT2D eigenvalue weighted by Crippen LogP contribution is -2.43. The molecule has 2 atom stereocenters. The van der Waals surface area contributed by atoms with Crippen molar-refractivity contribution < 1.29 is 24.2 Å². The number of aryl methyl sites for hydroxylation is 2. The molecule has 1 amide bonds. The van der Waals surface area contributed by atoms with E-state index in [1.807, 2.05) is 74.7 Å². The molecule has 3 aromatic carbocycles. The van der Waals surface area contributed by atoms with Crippen LogP contribution in [0.4, 0.5) is 0 Å². The summed E-state index contributed by atoms with van der Waals surface area (Å²) < 4.78 is 14.7. The maximum atomic E-state index is 13.0. The number of aromatic nitrogens is 3. The number of amides is 1. The number of rotatable bonds is 7. The lowest BCUT2D eigenvalue weighted by atomic mass is 9.91. The molecule has 49 heavy (non-hydrogen) atoms. The molecule has 2 aliphatic rings. The first-order valence-corrected chi connectivity index (χ1v) is 18.1. The molecule has 4 heterocycles. The van der Waals surface area contributed by atoms with E-state index in [9.17, 15) is 14.7 Å². The summed E-state index contributed by atoms with van der Waals surface area (Å²) >= 11 is 7.82. The number of aliphatic carboxylic acids is 1. The number of hydrogen-bond donors (Lipinski definition) is 1. The van der Waals surface area contributed by atoms with Gasteiger partial charge < -0.3 is 19.5 Å². The van der Waals surface area contributed by atoms with Crippen molar-refractivity contribution in [1.29, 1.82) is 0 Å². The number of fused-ring (bicyclic) bond motifs is 2. The molecule has 2 aliphatic heterocycles. The number of likely N-dealkylation sites (tertiary alicyclic amines) is 1. The number of carboxylic acids is 1. The molecule has 0 saturated carbocycles. The van der Waals surface area contributed by atoms with Crippen LogP contribution >= 0.6 is 22.9 Å². The minimum atomic E-state index is -1.18. The van der Waals surface area contributed by atoms with E-state index >= 15 is 0 Å². The first-order valence-electron chi connectivity index (χ1n) is 16.9. The van der Waals surface area contributed by atoms with Crippen molar-refractivity contribution in [3.63, 3.8) is 0 Å². The standard InChI is InChI=1S/C38H41ClN4O5S/c1-21-19-27-34(31(22-8-11-25(39)12-9-22)30(21)33(37(45)46)48-38(2,3)4)49-35(40-27)24-10-13-28-26(20-24)32(41-42(28)5)23-14-16-43(17-15-23)36(44)29-7-6-18-47-29/h8-13,19-20,23,29,33H,6-7,14-18H2,1-5H3,(H,45,46)/t29-,33+/m1/s1. The van der Waals surface area contributed by atoms with Crippen LogP contribution in [0.15, 0.2) is 48.5 Å². The van der Waals surface area contributed by atoms with E-state index in [1.54, 1.807) is 11.3 Å². The van der Waals surface area contributed by atoms with E-state index < -0.39 is 17.7 Å². The molecule has 2 fully saturated rings. The first-order chi connectivity index (χ1) is 23.4. The maximum absolute atomic E-state index is 13.0. The van der Waals surface area contributed by atoms with E-state index in [0.717, 1.165) is 79.8 Å². The average molecular weight is 701 g/mol. The number of halogens is 1. The minimum absolute atomic E-state index is 0.121. The summed E-state index contributed by atoms with van der Waals surface area (Å²) in [5.41, 5.74) is 6.21. The third kappa shape index (κ3) is 6.59. The topological polar surface area (TPSA) is 107 Å². The Morgan fingerprint density at radius 3 is 2.43 bits per heavy atom. The number of hydrogen-bond acceptors (Lipinski definition) is 7. The van der Waals surface area contributed by atoms with Gasteiger partial charge in [0.05, 0.1) is 27.0 Å². The third-order valence-corrected chi connectivity index (χ3v) is 10.9. The summed E-state index contributed by atoms with van der Waals surface area (Å²) in [6.07, 6.45) is 1.99. The highest BCUT2D eigenvalue weighted by Gasteiger charge is 2.34. The van der Waals surface area contributed by atoms with Crippen LogP contribution in [0.1, 0.15) is 75.3 Å². The van der Waals surface area contributed by atoms with Crippen LogP contribution in [-0.2, 0) is 26.1 Å². The van der Waals surface area contributed by atoms with E-state index in [0.29, 0.717) is 30.3 Å². The summed E-state index contributed by atoms with van der Waals surface area (Å²) in [5, 5.41) is 17.9. The van der Waals surface area contributed by atoms with Crippen molar-refractivity contribution in [2.45, 2.75) is 77.1 Å². The highest BCUT2D eigenvalue weighted by Crippen LogP contribution is 2.45. The molecule has 0 spiro atoms. The zero-order valence-corrected chi connectivity index (χ0v) is 30.0. The predicted molar refractivity (Wildman–Crippen MR) is 193 cm³/mol. The zero-order valence-electron chi connectivity index (χ0n) is 28.5. The van der Waals surface area contributed by atoms with Gasteiger partial charge in [-0.05, 0) is 101 Å². The van der Waals surface area contributed by atoms with Gasteiger partial charge in [0, 0.05) is 59.8 Å². The summed E-state index contributed by atoms with van der Waals surface area (Å²) in [5.74, 6) is -0.690. The minimum Gasteiger partial charge on any atom is -0.479 e. The predicted octanol–water partition coefficient (Wildman–Crippen LogP) is 8.30. The van der Waals surface area contributed by atoms with Crippen molar-refractivity contribution in [2.24, 2.45) is 7.05 Å².